The molecule has 4 nitrogen and oxygen atoms in total. The van der Waals surface area contributed by atoms with Gasteiger partial charge in [-0.1, -0.05) is 12.1 Å². The summed E-state index contributed by atoms with van der Waals surface area (Å²) in [6.45, 7) is 0. The Bertz CT molecular complexity index is 805. The average molecular weight is 272 g/mol. The number of nitrogens with zero attached hydrogens (tertiary/aromatic N) is 4. The van der Waals surface area contributed by atoms with E-state index in [1.165, 1.54) is 24.3 Å². The fourth-order valence-corrected chi connectivity index (χ4v) is 1.45. The van der Waals surface area contributed by atoms with Gasteiger partial charge in [0.05, 0.1) is 5.56 Å². The second-order valence-electron chi connectivity index (χ2n) is 3.46. The minimum atomic E-state index is -4.82. The number of hydrogen-bond donors (Lipinski definition) is 0. The maximum atomic E-state index is 12.9. The van der Waals surface area contributed by atoms with E-state index in [2.05, 4.69) is 0 Å². The molecule has 0 aromatic heterocycles. The van der Waals surface area contributed by atoms with Gasteiger partial charge in [-0.05, 0) is 6.07 Å². The van der Waals surface area contributed by atoms with Crippen molar-refractivity contribution < 1.29 is 13.2 Å². The molecule has 0 unspecified atom stereocenters. The minimum Gasteiger partial charge on any atom is -0.192 e. The number of benzene rings is 1. The molecule has 0 heterocycles. The van der Waals surface area contributed by atoms with E-state index in [0.717, 1.165) is 12.1 Å². The van der Waals surface area contributed by atoms with E-state index in [4.69, 9.17) is 21.0 Å². The van der Waals surface area contributed by atoms with Crippen LogP contribution in [-0.4, -0.2) is 0 Å². The third kappa shape index (κ3) is 2.75. The molecular weight excluding hydrogens is 269 g/mol. The predicted octanol–water partition coefficient (Wildman–Crippen LogP) is 1.10. The van der Waals surface area contributed by atoms with E-state index in [9.17, 15) is 13.2 Å². The van der Waals surface area contributed by atoms with Crippen LogP contribution in [0, 0.1) is 45.3 Å². The van der Waals surface area contributed by atoms with E-state index in [1.807, 2.05) is 0 Å². The molecule has 1 aromatic rings. The van der Waals surface area contributed by atoms with Gasteiger partial charge >= 0.3 is 6.18 Å². The van der Waals surface area contributed by atoms with Crippen molar-refractivity contribution in [3.05, 3.63) is 34.2 Å². The van der Waals surface area contributed by atoms with Crippen molar-refractivity contribution in [3.8, 4) is 24.3 Å². The molecule has 0 aliphatic rings. The molecule has 7 heteroatoms. The molecular formula is C13H3F3N4. The Hall–Kier alpha value is -3.29. The van der Waals surface area contributed by atoms with E-state index in [1.54, 1.807) is 0 Å². The predicted molar refractivity (Wildman–Crippen MR) is 60.0 cm³/mol. The van der Waals surface area contributed by atoms with Crippen LogP contribution in [0.5, 0.6) is 0 Å². The Morgan fingerprint density at radius 1 is 0.850 bits per heavy atom. The number of rotatable bonds is 0. The maximum Gasteiger partial charge on any atom is 0.417 e. The minimum absolute atomic E-state index is 0.221. The van der Waals surface area contributed by atoms with E-state index >= 15 is 0 Å². The SMILES string of the molecule is N#CC(C#N)=c1ccc(=C(C#N)C#N)c(C(F)(F)F)c1. The lowest BCUT2D eigenvalue weighted by atomic mass is 10.0. The molecule has 96 valence electrons. The summed E-state index contributed by atoms with van der Waals surface area (Å²) in [6.07, 6.45) is -4.82. The first-order chi connectivity index (χ1) is 9.38. The van der Waals surface area contributed by atoms with Gasteiger partial charge in [0.1, 0.15) is 35.4 Å². The first kappa shape index (κ1) is 14.8. The maximum absolute atomic E-state index is 12.9. The van der Waals surface area contributed by atoms with Gasteiger partial charge in [0, 0.05) is 10.4 Å². The van der Waals surface area contributed by atoms with Gasteiger partial charge < -0.3 is 0 Å². The van der Waals surface area contributed by atoms with Crippen LogP contribution in [0.2, 0.25) is 0 Å². The average Bonchev–Trinajstić information content (AvgIpc) is 2.41. The second kappa shape index (κ2) is 5.57. The topological polar surface area (TPSA) is 95.2 Å². The summed E-state index contributed by atoms with van der Waals surface area (Å²) in [6, 6.07) is 8.26. The summed E-state index contributed by atoms with van der Waals surface area (Å²) < 4.78 is 38.8. The number of alkyl halides is 3. The lowest BCUT2D eigenvalue weighted by molar-refractivity contribution is -0.138. The van der Waals surface area contributed by atoms with Crippen molar-refractivity contribution in [2.75, 3.05) is 0 Å². The smallest absolute Gasteiger partial charge is 0.192 e. The first-order valence-electron chi connectivity index (χ1n) is 4.95. The third-order valence-electron chi connectivity index (χ3n) is 2.33. The molecule has 1 aromatic carbocycles. The highest BCUT2D eigenvalue weighted by molar-refractivity contribution is 5.75. The second-order valence-corrected chi connectivity index (χ2v) is 3.46. The number of hydrogen-bond acceptors (Lipinski definition) is 4. The monoisotopic (exact) mass is 272 g/mol. The van der Waals surface area contributed by atoms with Crippen LogP contribution in [0.3, 0.4) is 0 Å². The lowest BCUT2D eigenvalue weighted by Crippen LogP contribution is -2.25. The van der Waals surface area contributed by atoms with Crippen molar-refractivity contribution in [1.82, 2.24) is 0 Å². The molecule has 0 radical (unpaired) electrons. The molecule has 0 atom stereocenters. The first-order valence-corrected chi connectivity index (χ1v) is 4.95. The summed E-state index contributed by atoms with van der Waals surface area (Å²) >= 11 is 0. The van der Waals surface area contributed by atoms with Gasteiger partial charge in [0.15, 0.2) is 0 Å². The largest absolute Gasteiger partial charge is 0.417 e. The Morgan fingerprint density at radius 2 is 1.35 bits per heavy atom. The molecule has 0 fully saturated rings. The quantitative estimate of drug-likeness (QED) is 0.706. The molecule has 20 heavy (non-hydrogen) atoms. The van der Waals surface area contributed by atoms with Crippen molar-refractivity contribution in [2.45, 2.75) is 6.18 Å². The fourth-order valence-electron chi connectivity index (χ4n) is 1.45. The fraction of sp³-hybridized carbons (Fsp3) is 0.0769. The summed E-state index contributed by atoms with van der Waals surface area (Å²) in [5.41, 5.74) is -2.42. The van der Waals surface area contributed by atoms with Gasteiger partial charge in [-0.25, -0.2) is 0 Å². The molecule has 0 bridgehead atoms. The van der Waals surface area contributed by atoms with Gasteiger partial charge in [-0.15, -0.1) is 0 Å². The highest BCUT2D eigenvalue weighted by atomic mass is 19.4. The zero-order chi connectivity index (χ0) is 15.3. The molecule has 1 rings (SSSR count). The van der Waals surface area contributed by atoms with Crippen molar-refractivity contribution in [1.29, 1.82) is 21.0 Å². The van der Waals surface area contributed by atoms with Crippen LogP contribution in [-0.2, 0) is 6.18 Å². The van der Waals surface area contributed by atoms with Gasteiger partial charge in [-0.3, -0.25) is 0 Å². The zero-order valence-electron chi connectivity index (χ0n) is 9.65. The van der Waals surface area contributed by atoms with E-state index in [0.29, 0.717) is 6.07 Å². The van der Waals surface area contributed by atoms with Crippen molar-refractivity contribution in [3.63, 3.8) is 0 Å². The lowest BCUT2D eigenvalue weighted by Gasteiger charge is -2.07. The molecule has 0 aliphatic heterocycles. The van der Waals surface area contributed by atoms with Gasteiger partial charge in [-0.2, -0.15) is 34.2 Å². The Balaban J connectivity index is 4.03. The highest BCUT2D eigenvalue weighted by Crippen LogP contribution is 2.26. The Labute approximate surface area is 111 Å². The summed E-state index contributed by atoms with van der Waals surface area (Å²) in [7, 11) is 0. The summed E-state index contributed by atoms with van der Waals surface area (Å²) in [5.74, 6) is 0. The molecule has 0 amide bonds. The molecule has 0 N–H and O–H groups in total. The van der Waals surface area contributed by atoms with Crippen LogP contribution in [0.1, 0.15) is 5.56 Å². The van der Waals surface area contributed by atoms with Gasteiger partial charge in [0.2, 0.25) is 0 Å². The van der Waals surface area contributed by atoms with E-state index in [-0.39, 0.29) is 5.22 Å². The molecule has 0 aliphatic carbocycles. The Kier molecular flexibility index (Phi) is 4.11. The molecule has 0 saturated heterocycles. The van der Waals surface area contributed by atoms with Crippen LogP contribution < -0.4 is 10.4 Å². The van der Waals surface area contributed by atoms with Crippen LogP contribution in [0.25, 0.3) is 11.1 Å². The van der Waals surface area contributed by atoms with Crippen LogP contribution in [0.4, 0.5) is 13.2 Å². The summed E-state index contributed by atoms with van der Waals surface area (Å²) in [4.78, 5) is 0. The standard InChI is InChI=1S/C13H3F3N4/c14-13(15,16)12-3-8(9(4-17)5-18)1-2-11(12)10(6-19)7-20/h1-3H. The van der Waals surface area contributed by atoms with Crippen molar-refractivity contribution >= 4 is 11.1 Å². The normalized spacial score (nSPS) is 9.55. The zero-order valence-corrected chi connectivity index (χ0v) is 9.65. The van der Waals surface area contributed by atoms with Gasteiger partial charge in [0.25, 0.3) is 0 Å². The molecule has 0 saturated carbocycles. The van der Waals surface area contributed by atoms with E-state index < -0.39 is 28.1 Å². The third-order valence-corrected chi connectivity index (χ3v) is 2.33. The number of nitriles is 4. The number of halogens is 3. The Morgan fingerprint density at radius 3 is 1.75 bits per heavy atom. The molecule has 0 spiro atoms. The van der Waals surface area contributed by atoms with Crippen molar-refractivity contribution in [2.24, 2.45) is 0 Å². The highest BCUT2D eigenvalue weighted by Gasteiger charge is 2.32. The van der Waals surface area contributed by atoms with Crippen LogP contribution in [0.15, 0.2) is 18.2 Å². The van der Waals surface area contributed by atoms with Crippen LogP contribution >= 0.6 is 0 Å². The summed E-state index contributed by atoms with van der Waals surface area (Å²) in [5, 5.41) is 33.8.